The average Bonchev–Trinajstić information content (AvgIpc) is 2.48. The molecule has 2 aromatic carbocycles. The SMILES string of the molecule is CCCNC(Cc1ccccc1)c1cc(F)c(Cl)cc1F. The second kappa shape index (κ2) is 7.53. The van der Waals surface area contributed by atoms with E-state index in [0.717, 1.165) is 24.6 Å². The Morgan fingerprint density at radius 3 is 2.48 bits per heavy atom. The zero-order valence-corrected chi connectivity index (χ0v) is 12.6. The molecule has 112 valence electrons. The summed E-state index contributed by atoms with van der Waals surface area (Å²) in [5.74, 6) is -1.07. The Hall–Kier alpha value is -1.45. The average molecular weight is 310 g/mol. The highest BCUT2D eigenvalue weighted by atomic mass is 35.5. The van der Waals surface area contributed by atoms with Crippen molar-refractivity contribution in [1.29, 1.82) is 0 Å². The van der Waals surface area contributed by atoms with Crippen LogP contribution in [0.2, 0.25) is 5.02 Å². The molecule has 1 nitrogen and oxygen atoms in total. The third-order valence-electron chi connectivity index (χ3n) is 3.34. The van der Waals surface area contributed by atoms with Gasteiger partial charge >= 0.3 is 0 Å². The van der Waals surface area contributed by atoms with Gasteiger partial charge in [0.2, 0.25) is 0 Å². The van der Waals surface area contributed by atoms with Crippen LogP contribution in [0, 0.1) is 11.6 Å². The Bertz CT molecular complexity index is 587. The van der Waals surface area contributed by atoms with Gasteiger partial charge in [0.05, 0.1) is 5.02 Å². The summed E-state index contributed by atoms with van der Waals surface area (Å²) in [6.45, 7) is 2.77. The Morgan fingerprint density at radius 2 is 1.81 bits per heavy atom. The zero-order valence-electron chi connectivity index (χ0n) is 11.9. The van der Waals surface area contributed by atoms with Gasteiger partial charge in [0, 0.05) is 11.6 Å². The van der Waals surface area contributed by atoms with E-state index in [2.05, 4.69) is 5.32 Å². The van der Waals surface area contributed by atoms with Gasteiger partial charge in [-0.2, -0.15) is 0 Å². The van der Waals surface area contributed by atoms with Crippen molar-refractivity contribution in [2.45, 2.75) is 25.8 Å². The molecule has 1 unspecified atom stereocenters. The molecule has 0 heterocycles. The predicted octanol–water partition coefficient (Wildman–Crippen LogP) is 4.90. The van der Waals surface area contributed by atoms with Crippen molar-refractivity contribution < 1.29 is 8.78 Å². The number of benzene rings is 2. The van der Waals surface area contributed by atoms with Gasteiger partial charge in [0.15, 0.2) is 0 Å². The lowest BCUT2D eigenvalue weighted by Crippen LogP contribution is -2.25. The number of hydrogen-bond acceptors (Lipinski definition) is 1. The molecule has 0 aliphatic heterocycles. The van der Waals surface area contributed by atoms with Crippen LogP contribution in [0.25, 0.3) is 0 Å². The summed E-state index contributed by atoms with van der Waals surface area (Å²) >= 11 is 5.62. The monoisotopic (exact) mass is 309 g/mol. The molecule has 0 aromatic heterocycles. The second-order valence-corrected chi connectivity index (χ2v) is 5.39. The van der Waals surface area contributed by atoms with E-state index in [4.69, 9.17) is 11.6 Å². The Morgan fingerprint density at radius 1 is 1.10 bits per heavy atom. The van der Waals surface area contributed by atoms with Gasteiger partial charge in [0.25, 0.3) is 0 Å². The van der Waals surface area contributed by atoms with Gasteiger partial charge in [-0.25, -0.2) is 8.78 Å². The number of hydrogen-bond donors (Lipinski definition) is 1. The predicted molar refractivity (Wildman–Crippen MR) is 82.5 cm³/mol. The molecule has 1 atom stereocenters. The Labute approximate surface area is 128 Å². The fraction of sp³-hybridized carbons (Fsp3) is 0.294. The van der Waals surface area contributed by atoms with E-state index in [1.54, 1.807) is 0 Å². The summed E-state index contributed by atoms with van der Waals surface area (Å²) in [4.78, 5) is 0. The van der Waals surface area contributed by atoms with Crippen LogP contribution in [0.4, 0.5) is 8.78 Å². The highest BCUT2D eigenvalue weighted by molar-refractivity contribution is 6.30. The molecule has 0 bridgehead atoms. The third kappa shape index (κ3) is 4.26. The zero-order chi connectivity index (χ0) is 15.2. The standard InChI is InChI=1S/C17H18ClF2N/c1-2-8-21-17(9-12-6-4-3-5-7-12)13-10-16(20)14(18)11-15(13)19/h3-7,10-11,17,21H,2,8-9H2,1H3. The first-order valence-electron chi connectivity index (χ1n) is 7.03. The van der Waals surface area contributed by atoms with E-state index in [1.807, 2.05) is 37.3 Å². The lowest BCUT2D eigenvalue weighted by Gasteiger charge is -2.20. The summed E-state index contributed by atoms with van der Waals surface area (Å²) < 4.78 is 27.8. The van der Waals surface area contributed by atoms with Crippen molar-refractivity contribution >= 4 is 11.6 Å². The van der Waals surface area contributed by atoms with E-state index in [9.17, 15) is 8.78 Å². The minimum absolute atomic E-state index is 0.190. The molecule has 0 saturated heterocycles. The first kappa shape index (κ1) is 15.9. The van der Waals surface area contributed by atoms with Crippen LogP contribution in [0.15, 0.2) is 42.5 Å². The van der Waals surface area contributed by atoms with E-state index in [-0.39, 0.29) is 11.1 Å². The lowest BCUT2D eigenvalue weighted by molar-refractivity contribution is 0.490. The first-order valence-corrected chi connectivity index (χ1v) is 7.41. The third-order valence-corrected chi connectivity index (χ3v) is 3.63. The molecule has 0 aliphatic carbocycles. The normalized spacial score (nSPS) is 12.4. The van der Waals surface area contributed by atoms with Crippen LogP contribution in [0.3, 0.4) is 0 Å². The van der Waals surface area contributed by atoms with Gasteiger partial charge in [-0.3, -0.25) is 0 Å². The molecule has 0 aliphatic rings. The van der Waals surface area contributed by atoms with Crippen molar-refractivity contribution in [2.24, 2.45) is 0 Å². The van der Waals surface area contributed by atoms with Gasteiger partial charge in [0.1, 0.15) is 11.6 Å². The molecule has 0 fully saturated rings. The molecular weight excluding hydrogens is 292 g/mol. The Kier molecular flexibility index (Phi) is 5.71. The van der Waals surface area contributed by atoms with E-state index in [0.29, 0.717) is 12.0 Å². The Balaban J connectivity index is 2.29. The molecule has 1 N–H and O–H groups in total. The highest BCUT2D eigenvalue weighted by Gasteiger charge is 2.18. The van der Waals surface area contributed by atoms with E-state index in [1.165, 1.54) is 6.07 Å². The second-order valence-electron chi connectivity index (χ2n) is 4.98. The lowest BCUT2D eigenvalue weighted by atomic mass is 9.98. The van der Waals surface area contributed by atoms with Gasteiger partial charge in [-0.05, 0) is 37.1 Å². The quantitative estimate of drug-likeness (QED) is 0.748. The highest BCUT2D eigenvalue weighted by Crippen LogP contribution is 2.26. The van der Waals surface area contributed by atoms with Crippen molar-refractivity contribution in [3.8, 4) is 0 Å². The van der Waals surface area contributed by atoms with E-state index >= 15 is 0 Å². The maximum atomic E-state index is 14.1. The summed E-state index contributed by atoms with van der Waals surface area (Å²) in [6.07, 6.45) is 1.52. The molecule has 2 rings (SSSR count). The van der Waals surface area contributed by atoms with Crippen LogP contribution in [-0.2, 0) is 6.42 Å². The molecule has 4 heteroatoms. The molecule has 0 radical (unpaired) electrons. The fourth-order valence-electron chi connectivity index (χ4n) is 2.27. The van der Waals surface area contributed by atoms with Crippen LogP contribution < -0.4 is 5.32 Å². The van der Waals surface area contributed by atoms with Crippen LogP contribution in [0.5, 0.6) is 0 Å². The summed E-state index contributed by atoms with van der Waals surface area (Å²) in [6, 6.07) is 11.7. The molecule has 0 saturated carbocycles. The fourth-order valence-corrected chi connectivity index (χ4v) is 2.42. The summed E-state index contributed by atoms with van der Waals surface area (Å²) in [5, 5.41) is 3.08. The number of halogens is 3. The topological polar surface area (TPSA) is 12.0 Å². The van der Waals surface area contributed by atoms with Gasteiger partial charge < -0.3 is 5.32 Å². The largest absolute Gasteiger partial charge is 0.310 e. The minimum atomic E-state index is -0.593. The smallest absolute Gasteiger partial charge is 0.142 e. The summed E-state index contributed by atoms with van der Waals surface area (Å²) in [7, 11) is 0. The molecule has 0 spiro atoms. The van der Waals surface area contributed by atoms with Crippen LogP contribution in [-0.4, -0.2) is 6.54 Å². The van der Waals surface area contributed by atoms with Gasteiger partial charge in [-0.1, -0.05) is 48.9 Å². The molecule has 2 aromatic rings. The molecule has 0 amide bonds. The molecule has 21 heavy (non-hydrogen) atoms. The van der Waals surface area contributed by atoms with Crippen molar-refractivity contribution in [3.63, 3.8) is 0 Å². The number of rotatable bonds is 6. The van der Waals surface area contributed by atoms with Crippen LogP contribution in [0.1, 0.15) is 30.5 Å². The van der Waals surface area contributed by atoms with Crippen molar-refractivity contribution in [3.05, 3.63) is 70.2 Å². The van der Waals surface area contributed by atoms with Crippen molar-refractivity contribution in [1.82, 2.24) is 5.32 Å². The minimum Gasteiger partial charge on any atom is -0.310 e. The number of nitrogens with one attached hydrogen (secondary N) is 1. The maximum absolute atomic E-state index is 14.1. The first-order chi connectivity index (χ1) is 10.1. The van der Waals surface area contributed by atoms with E-state index < -0.39 is 11.6 Å². The summed E-state index contributed by atoms with van der Waals surface area (Å²) in [5.41, 5.74) is 1.38. The van der Waals surface area contributed by atoms with Crippen molar-refractivity contribution in [2.75, 3.05) is 6.54 Å². The molecular formula is C17H18ClF2N. The maximum Gasteiger partial charge on any atom is 0.142 e. The van der Waals surface area contributed by atoms with Gasteiger partial charge in [-0.15, -0.1) is 0 Å². The van der Waals surface area contributed by atoms with Crippen LogP contribution >= 0.6 is 11.6 Å².